The lowest BCUT2D eigenvalue weighted by Crippen LogP contribution is -2.49. The van der Waals surface area contributed by atoms with Crippen molar-refractivity contribution >= 4 is 41.5 Å². The highest BCUT2D eigenvalue weighted by Crippen LogP contribution is 2.25. The molecule has 2 fully saturated rings. The third kappa shape index (κ3) is 7.78. The van der Waals surface area contributed by atoms with Gasteiger partial charge in [0.1, 0.15) is 5.82 Å². The number of ether oxygens (including phenoxy) is 1. The number of nitrogens with one attached hydrogen (secondary N) is 2. The van der Waals surface area contributed by atoms with Gasteiger partial charge in [0.2, 0.25) is 5.91 Å². The number of amides is 1. The van der Waals surface area contributed by atoms with Crippen molar-refractivity contribution in [3.05, 3.63) is 30.1 Å². The van der Waals surface area contributed by atoms with Crippen LogP contribution in [-0.4, -0.2) is 74.8 Å². The zero-order chi connectivity index (χ0) is 21.4. The number of carbonyl (C=O) groups is 1. The van der Waals surface area contributed by atoms with Crippen LogP contribution in [-0.2, 0) is 9.53 Å². The van der Waals surface area contributed by atoms with Crippen LogP contribution in [0.25, 0.3) is 0 Å². The molecule has 2 aliphatic rings. The molecule has 0 bridgehead atoms. The van der Waals surface area contributed by atoms with Crippen LogP contribution in [0.2, 0.25) is 0 Å². The zero-order valence-corrected chi connectivity index (χ0v) is 20.9. The Labute approximate surface area is 201 Å². The monoisotopic (exact) mass is 547 g/mol. The maximum Gasteiger partial charge on any atom is 0.224 e. The Bertz CT molecular complexity index is 717. The molecule has 0 radical (unpaired) electrons. The van der Waals surface area contributed by atoms with Crippen molar-refractivity contribution in [2.75, 3.05) is 57.3 Å². The van der Waals surface area contributed by atoms with Crippen molar-refractivity contribution in [2.24, 2.45) is 4.99 Å². The molecule has 1 atom stereocenters. The molecule has 1 unspecified atom stereocenters. The first-order chi connectivity index (χ1) is 14.5. The number of hydrogen-bond donors (Lipinski definition) is 2. The number of benzene rings is 1. The number of rotatable bonds is 7. The first-order valence-electron chi connectivity index (χ1n) is 10.9. The van der Waals surface area contributed by atoms with Crippen LogP contribution in [0.3, 0.4) is 0 Å². The van der Waals surface area contributed by atoms with Crippen LogP contribution in [0.4, 0.5) is 10.1 Å². The minimum absolute atomic E-state index is 0. The van der Waals surface area contributed by atoms with Gasteiger partial charge < -0.3 is 25.2 Å². The minimum Gasteiger partial charge on any atom is -0.373 e. The summed E-state index contributed by atoms with van der Waals surface area (Å²) in [6.45, 7) is 9.73. The first kappa shape index (κ1) is 25.6. The number of nitrogens with zero attached hydrogens (tertiary/aromatic N) is 3. The Morgan fingerprint density at radius 2 is 1.90 bits per heavy atom. The number of piperazine rings is 1. The van der Waals surface area contributed by atoms with Crippen molar-refractivity contribution in [2.45, 2.75) is 38.7 Å². The van der Waals surface area contributed by atoms with Crippen molar-refractivity contribution in [1.82, 2.24) is 15.5 Å². The average molecular weight is 547 g/mol. The molecule has 31 heavy (non-hydrogen) atoms. The van der Waals surface area contributed by atoms with Crippen molar-refractivity contribution < 1.29 is 13.9 Å². The average Bonchev–Trinajstić information content (AvgIpc) is 3.19. The van der Waals surface area contributed by atoms with Gasteiger partial charge in [0.25, 0.3) is 0 Å². The van der Waals surface area contributed by atoms with E-state index in [9.17, 15) is 9.18 Å². The summed E-state index contributed by atoms with van der Waals surface area (Å²) in [5.74, 6) is 0.636. The van der Waals surface area contributed by atoms with E-state index in [0.29, 0.717) is 32.6 Å². The van der Waals surface area contributed by atoms with E-state index in [-0.39, 0.29) is 41.3 Å². The smallest absolute Gasteiger partial charge is 0.224 e. The van der Waals surface area contributed by atoms with E-state index in [1.54, 1.807) is 12.1 Å². The second kappa shape index (κ2) is 12.4. The summed E-state index contributed by atoms with van der Waals surface area (Å²) in [6, 6.07) is 6.52. The quantitative estimate of drug-likeness (QED) is 0.312. The number of carbonyl (C=O) groups excluding carboxylic acids is 1. The molecule has 2 saturated heterocycles. The largest absolute Gasteiger partial charge is 0.373 e. The van der Waals surface area contributed by atoms with Gasteiger partial charge in [0.05, 0.1) is 12.1 Å². The molecular formula is C22H35FIN5O2. The molecule has 0 aromatic heterocycles. The highest BCUT2D eigenvalue weighted by molar-refractivity contribution is 14.0. The molecule has 2 aliphatic heterocycles. The van der Waals surface area contributed by atoms with Gasteiger partial charge in [-0.05, 0) is 51.0 Å². The minimum atomic E-state index is -0.231. The van der Waals surface area contributed by atoms with E-state index in [0.717, 1.165) is 50.7 Å². The highest BCUT2D eigenvalue weighted by Gasteiger charge is 2.29. The summed E-state index contributed by atoms with van der Waals surface area (Å²) in [6.07, 6.45) is 2.53. The van der Waals surface area contributed by atoms with Gasteiger partial charge in [-0.2, -0.15) is 0 Å². The molecule has 0 aliphatic carbocycles. The summed E-state index contributed by atoms with van der Waals surface area (Å²) < 4.78 is 18.9. The number of aliphatic imine (C=N–C) groups is 1. The molecule has 1 aromatic rings. The van der Waals surface area contributed by atoms with Gasteiger partial charge in [0, 0.05) is 58.0 Å². The number of hydrogen-bond acceptors (Lipinski definition) is 4. The summed E-state index contributed by atoms with van der Waals surface area (Å²) in [7, 11) is 0. The van der Waals surface area contributed by atoms with Gasteiger partial charge in [-0.3, -0.25) is 9.79 Å². The normalized spacial score (nSPS) is 21.6. The lowest BCUT2D eigenvalue weighted by Gasteiger charge is -2.36. The number of anilines is 1. The Kier molecular flexibility index (Phi) is 10.3. The second-order valence-electron chi connectivity index (χ2n) is 8.12. The molecule has 174 valence electrons. The molecule has 9 heteroatoms. The Morgan fingerprint density at radius 1 is 1.19 bits per heavy atom. The Hall–Kier alpha value is -1.62. The van der Waals surface area contributed by atoms with E-state index in [2.05, 4.69) is 27.4 Å². The standard InChI is InChI=1S/C22H34FN5O2.HI/c1-3-24-21(26-17-22(2)10-4-16-30-22)25-11-9-20(29)28-14-12-27(13-15-28)19-7-5-18(23)6-8-19;/h5-8H,3-4,9-17H2,1-2H3,(H2,24,25,26);1H. The van der Waals surface area contributed by atoms with Gasteiger partial charge >= 0.3 is 0 Å². The predicted octanol–water partition coefficient (Wildman–Crippen LogP) is 2.61. The van der Waals surface area contributed by atoms with Crippen molar-refractivity contribution in [3.63, 3.8) is 0 Å². The van der Waals surface area contributed by atoms with Crippen LogP contribution in [0, 0.1) is 5.82 Å². The fourth-order valence-corrected chi connectivity index (χ4v) is 3.86. The van der Waals surface area contributed by atoms with Crippen LogP contribution < -0.4 is 15.5 Å². The van der Waals surface area contributed by atoms with Crippen LogP contribution >= 0.6 is 24.0 Å². The SMILES string of the molecule is CCNC(=NCC1(C)CCCO1)NCCC(=O)N1CCN(c2ccc(F)cc2)CC1.I. The maximum atomic E-state index is 13.1. The third-order valence-electron chi connectivity index (χ3n) is 5.67. The summed E-state index contributed by atoms with van der Waals surface area (Å²) in [5, 5.41) is 6.49. The molecule has 0 saturated carbocycles. The van der Waals surface area contributed by atoms with E-state index in [4.69, 9.17) is 4.74 Å². The zero-order valence-electron chi connectivity index (χ0n) is 18.5. The van der Waals surface area contributed by atoms with Gasteiger partial charge in [-0.15, -0.1) is 24.0 Å². The molecule has 0 spiro atoms. The Balaban J connectivity index is 0.00000341. The van der Waals surface area contributed by atoms with E-state index in [1.165, 1.54) is 12.1 Å². The topological polar surface area (TPSA) is 69.2 Å². The fourth-order valence-electron chi connectivity index (χ4n) is 3.86. The van der Waals surface area contributed by atoms with Crippen LogP contribution in [0.5, 0.6) is 0 Å². The molecule has 3 rings (SSSR count). The predicted molar refractivity (Wildman–Crippen MR) is 133 cm³/mol. The number of halogens is 2. The number of guanidine groups is 1. The van der Waals surface area contributed by atoms with Gasteiger partial charge in [0.15, 0.2) is 5.96 Å². The molecular weight excluding hydrogens is 512 g/mol. The first-order valence-corrected chi connectivity index (χ1v) is 10.9. The molecule has 7 nitrogen and oxygen atoms in total. The summed E-state index contributed by atoms with van der Waals surface area (Å²) in [5.41, 5.74) is 0.819. The molecule has 1 aromatic carbocycles. The van der Waals surface area contributed by atoms with Crippen molar-refractivity contribution in [1.29, 1.82) is 0 Å². The second-order valence-corrected chi connectivity index (χ2v) is 8.12. The van der Waals surface area contributed by atoms with Crippen LogP contribution in [0.1, 0.15) is 33.1 Å². The molecule has 2 N–H and O–H groups in total. The lowest BCUT2D eigenvalue weighted by molar-refractivity contribution is -0.131. The van der Waals surface area contributed by atoms with Gasteiger partial charge in [-0.1, -0.05) is 0 Å². The highest BCUT2D eigenvalue weighted by atomic mass is 127. The maximum absolute atomic E-state index is 13.1. The van der Waals surface area contributed by atoms with Crippen molar-refractivity contribution in [3.8, 4) is 0 Å². The fraction of sp³-hybridized carbons (Fsp3) is 0.636. The Morgan fingerprint density at radius 3 is 2.52 bits per heavy atom. The van der Waals surface area contributed by atoms with E-state index >= 15 is 0 Å². The van der Waals surface area contributed by atoms with Crippen LogP contribution in [0.15, 0.2) is 29.3 Å². The lowest BCUT2D eigenvalue weighted by atomic mass is 10.0. The summed E-state index contributed by atoms with van der Waals surface area (Å²) in [4.78, 5) is 21.3. The summed E-state index contributed by atoms with van der Waals surface area (Å²) >= 11 is 0. The van der Waals surface area contributed by atoms with E-state index < -0.39 is 0 Å². The molecule has 2 heterocycles. The molecule has 1 amide bonds. The van der Waals surface area contributed by atoms with Gasteiger partial charge in [-0.25, -0.2) is 4.39 Å². The van der Waals surface area contributed by atoms with E-state index in [1.807, 2.05) is 11.8 Å². The third-order valence-corrected chi connectivity index (χ3v) is 5.67.